The second-order valence-corrected chi connectivity index (χ2v) is 7.95. The summed E-state index contributed by atoms with van der Waals surface area (Å²) in [5.74, 6) is -1.02. The average Bonchev–Trinajstić information content (AvgIpc) is 2.59. The Bertz CT molecular complexity index is 669. The molecule has 0 aliphatic carbocycles. The Balaban J connectivity index is 2.46. The summed E-state index contributed by atoms with van der Waals surface area (Å²) in [6.45, 7) is 2.32. The molecule has 1 rings (SSSR count). The predicted molar refractivity (Wildman–Crippen MR) is 94.7 cm³/mol. The number of esters is 1. The van der Waals surface area contributed by atoms with E-state index in [1.807, 2.05) is 0 Å². The van der Waals surface area contributed by atoms with Crippen LogP contribution in [0.2, 0.25) is 0 Å². The number of unbranched alkanes of at least 4 members (excludes halogenated alkanes) is 3. The average molecular weight is 370 g/mol. The monoisotopic (exact) mass is 370 g/mol. The molecule has 0 spiro atoms. The molecule has 1 aromatic carbocycles. The van der Waals surface area contributed by atoms with Crippen LogP contribution in [0.3, 0.4) is 0 Å². The summed E-state index contributed by atoms with van der Waals surface area (Å²) in [4.78, 5) is 23.6. The van der Waals surface area contributed by atoms with Gasteiger partial charge in [0.25, 0.3) is 5.91 Å². The van der Waals surface area contributed by atoms with Crippen molar-refractivity contribution >= 4 is 21.9 Å². The minimum Gasteiger partial charge on any atom is -0.452 e. The van der Waals surface area contributed by atoms with Crippen LogP contribution in [0.5, 0.6) is 0 Å². The Labute approximate surface area is 149 Å². The maximum atomic E-state index is 12.0. The number of sulfonamides is 1. The molecule has 0 aliphatic rings. The lowest BCUT2D eigenvalue weighted by Gasteiger charge is -2.11. The quantitative estimate of drug-likeness (QED) is 0.501. The molecule has 0 atom stereocenters. The first-order chi connectivity index (χ1) is 11.8. The van der Waals surface area contributed by atoms with Crippen LogP contribution in [-0.4, -0.2) is 51.8 Å². The van der Waals surface area contributed by atoms with Crippen LogP contribution >= 0.6 is 0 Å². The number of ether oxygens (including phenoxy) is 1. The highest BCUT2D eigenvalue weighted by Crippen LogP contribution is 2.14. The molecule has 0 unspecified atom stereocenters. The summed E-state index contributed by atoms with van der Waals surface area (Å²) in [5.41, 5.74) is 0.188. The summed E-state index contributed by atoms with van der Waals surface area (Å²) in [5, 5.41) is 2.69. The normalized spacial score (nSPS) is 11.4. The number of nitrogens with one attached hydrogen (secondary N) is 1. The van der Waals surface area contributed by atoms with E-state index in [2.05, 4.69) is 12.2 Å². The smallest absolute Gasteiger partial charge is 0.338 e. The molecule has 0 heterocycles. The van der Waals surface area contributed by atoms with Gasteiger partial charge in [0.15, 0.2) is 6.61 Å². The second-order valence-electron chi connectivity index (χ2n) is 5.80. The van der Waals surface area contributed by atoms with Gasteiger partial charge in [-0.15, -0.1) is 0 Å². The maximum absolute atomic E-state index is 12.0. The number of amides is 1. The first-order valence-electron chi connectivity index (χ1n) is 8.25. The van der Waals surface area contributed by atoms with Crippen molar-refractivity contribution in [1.82, 2.24) is 9.62 Å². The van der Waals surface area contributed by atoms with Crippen molar-refractivity contribution in [2.45, 2.75) is 37.5 Å². The van der Waals surface area contributed by atoms with E-state index >= 15 is 0 Å². The summed E-state index contributed by atoms with van der Waals surface area (Å²) in [6, 6.07) is 5.39. The lowest BCUT2D eigenvalue weighted by molar-refractivity contribution is -0.124. The van der Waals surface area contributed by atoms with Crippen molar-refractivity contribution in [2.24, 2.45) is 0 Å². The third-order valence-electron chi connectivity index (χ3n) is 3.56. The molecule has 0 saturated heterocycles. The highest BCUT2D eigenvalue weighted by atomic mass is 32.2. The number of hydrogen-bond donors (Lipinski definition) is 1. The number of hydrogen-bond acceptors (Lipinski definition) is 5. The summed E-state index contributed by atoms with van der Waals surface area (Å²) in [7, 11) is -0.687. The molecule has 25 heavy (non-hydrogen) atoms. The molecule has 0 radical (unpaired) electrons. The van der Waals surface area contributed by atoms with Gasteiger partial charge in [0.1, 0.15) is 0 Å². The third kappa shape index (κ3) is 6.83. The van der Waals surface area contributed by atoms with Crippen molar-refractivity contribution < 1.29 is 22.7 Å². The SMILES string of the molecule is CCCCCCNC(=O)COC(=O)c1ccc(S(=O)(=O)N(C)C)cc1. The van der Waals surface area contributed by atoms with Gasteiger partial charge in [-0.25, -0.2) is 17.5 Å². The van der Waals surface area contributed by atoms with Crippen LogP contribution in [0.4, 0.5) is 0 Å². The lowest BCUT2D eigenvalue weighted by Crippen LogP contribution is -2.29. The van der Waals surface area contributed by atoms with Gasteiger partial charge in [0.2, 0.25) is 10.0 Å². The van der Waals surface area contributed by atoms with Gasteiger partial charge in [-0.2, -0.15) is 0 Å². The number of carbonyl (C=O) groups excluding carboxylic acids is 2. The topological polar surface area (TPSA) is 92.8 Å². The van der Waals surface area contributed by atoms with Gasteiger partial charge in [-0.3, -0.25) is 4.79 Å². The molecule has 1 amide bonds. The first-order valence-corrected chi connectivity index (χ1v) is 9.69. The van der Waals surface area contributed by atoms with E-state index in [0.29, 0.717) is 6.54 Å². The van der Waals surface area contributed by atoms with E-state index in [9.17, 15) is 18.0 Å². The van der Waals surface area contributed by atoms with Crippen LogP contribution < -0.4 is 5.32 Å². The largest absolute Gasteiger partial charge is 0.452 e. The van der Waals surface area contributed by atoms with Crippen LogP contribution in [0.25, 0.3) is 0 Å². The molecule has 1 aromatic rings. The zero-order valence-electron chi connectivity index (χ0n) is 14.9. The Hall–Kier alpha value is -1.93. The van der Waals surface area contributed by atoms with Gasteiger partial charge < -0.3 is 10.1 Å². The molecule has 1 N–H and O–H groups in total. The Morgan fingerprint density at radius 3 is 2.28 bits per heavy atom. The van der Waals surface area contributed by atoms with Crippen molar-refractivity contribution in [3.05, 3.63) is 29.8 Å². The zero-order valence-corrected chi connectivity index (χ0v) is 15.8. The summed E-state index contributed by atoms with van der Waals surface area (Å²) in [6.07, 6.45) is 4.21. The third-order valence-corrected chi connectivity index (χ3v) is 5.38. The first kappa shape index (κ1) is 21.1. The highest BCUT2D eigenvalue weighted by Gasteiger charge is 2.18. The molecular weight excluding hydrogens is 344 g/mol. The van der Waals surface area contributed by atoms with Crippen molar-refractivity contribution in [2.75, 3.05) is 27.2 Å². The standard InChI is InChI=1S/C17H26N2O5S/c1-4-5-6-7-12-18-16(20)13-24-17(21)14-8-10-15(11-9-14)25(22,23)19(2)3/h8-11H,4-7,12-13H2,1-3H3,(H,18,20). The van der Waals surface area contributed by atoms with E-state index in [-0.39, 0.29) is 23.0 Å². The number of benzene rings is 1. The fourth-order valence-electron chi connectivity index (χ4n) is 2.02. The maximum Gasteiger partial charge on any atom is 0.338 e. The number of nitrogens with zero attached hydrogens (tertiary/aromatic N) is 1. The molecule has 0 fully saturated rings. The van der Waals surface area contributed by atoms with E-state index in [1.165, 1.54) is 38.4 Å². The molecular formula is C17H26N2O5S. The highest BCUT2D eigenvalue weighted by molar-refractivity contribution is 7.89. The minimum absolute atomic E-state index is 0.0823. The predicted octanol–water partition coefficient (Wildman–Crippen LogP) is 1.79. The van der Waals surface area contributed by atoms with Crippen molar-refractivity contribution in [3.63, 3.8) is 0 Å². The van der Waals surface area contributed by atoms with Gasteiger partial charge in [-0.1, -0.05) is 26.2 Å². The fourth-order valence-corrected chi connectivity index (χ4v) is 2.92. The van der Waals surface area contributed by atoms with E-state index < -0.39 is 16.0 Å². The fraction of sp³-hybridized carbons (Fsp3) is 0.529. The van der Waals surface area contributed by atoms with Crippen molar-refractivity contribution in [1.29, 1.82) is 0 Å². The lowest BCUT2D eigenvalue weighted by atomic mass is 10.2. The van der Waals surface area contributed by atoms with Crippen LogP contribution in [0.1, 0.15) is 43.0 Å². The molecule has 0 bridgehead atoms. The minimum atomic E-state index is -3.55. The summed E-state index contributed by atoms with van der Waals surface area (Å²) >= 11 is 0. The Morgan fingerprint density at radius 1 is 1.08 bits per heavy atom. The second kappa shape index (κ2) is 10.1. The molecule has 7 nitrogen and oxygen atoms in total. The van der Waals surface area contributed by atoms with Gasteiger partial charge in [0.05, 0.1) is 10.5 Å². The Kier molecular flexibility index (Phi) is 8.57. The summed E-state index contributed by atoms with van der Waals surface area (Å²) < 4.78 is 29.9. The molecule has 0 saturated carbocycles. The van der Waals surface area contributed by atoms with Crippen LogP contribution in [-0.2, 0) is 19.6 Å². The van der Waals surface area contributed by atoms with E-state index in [4.69, 9.17) is 4.74 Å². The number of carbonyl (C=O) groups is 2. The van der Waals surface area contributed by atoms with Gasteiger partial charge in [-0.05, 0) is 30.7 Å². The molecule has 0 aromatic heterocycles. The van der Waals surface area contributed by atoms with Crippen LogP contribution in [0.15, 0.2) is 29.2 Å². The van der Waals surface area contributed by atoms with E-state index in [0.717, 1.165) is 30.0 Å². The van der Waals surface area contributed by atoms with Gasteiger partial charge in [0, 0.05) is 20.6 Å². The van der Waals surface area contributed by atoms with Gasteiger partial charge >= 0.3 is 5.97 Å². The van der Waals surface area contributed by atoms with Crippen LogP contribution in [0, 0.1) is 0 Å². The molecule has 0 aliphatic heterocycles. The van der Waals surface area contributed by atoms with E-state index in [1.54, 1.807) is 0 Å². The number of rotatable bonds is 10. The molecule has 8 heteroatoms. The Morgan fingerprint density at radius 2 is 1.72 bits per heavy atom. The zero-order chi connectivity index (χ0) is 18.9. The van der Waals surface area contributed by atoms with Crippen molar-refractivity contribution in [3.8, 4) is 0 Å². The molecule has 140 valence electrons.